The molecule has 1 heterocycles. The zero-order chi connectivity index (χ0) is 20.5. The van der Waals surface area contributed by atoms with Crippen LogP contribution in [0.2, 0.25) is 0 Å². The quantitative estimate of drug-likeness (QED) is 0.821. The third kappa shape index (κ3) is 5.15. The second kappa shape index (κ2) is 7.69. The number of nitrogens with one attached hydrogen (secondary N) is 1. The standard InChI is InChI=1S/C20H28N4O4/c1-20(2,3)28-19(26)21-16-8-14-11-24(22-15(14)9-17(16)27-5)12-18(25)23(4)10-13-6-7-13/h8-9,11,13H,6-7,10,12H2,1-5H3,(H,21,26). The summed E-state index contributed by atoms with van der Waals surface area (Å²) in [5.41, 5.74) is 0.573. The zero-order valence-electron chi connectivity index (χ0n) is 17.1. The first-order valence-corrected chi connectivity index (χ1v) is 9.44. The van der Waals surface area contributed by atoms with Crippen molar-refractivity contribution in [3.05, 3.63) is 18.3 Å². The highest BCUT2D eigenvalue weighted by molar-refractivity contribution is 5.93. The monoisotopic (exact) mass is 388 g/mol. The molecule has 1 fully saturated rings. The third-order valence-electron chi connectivity index (χ3n) is 4.46. The molecule has 2 aromatic rings. The SMILES string of the molecule is COc1cc2nn(CC(=O)N(C)CC3CC3)cc2cc1NC(=O)OC(C)(C)C. The summed E-state index contributed by atoms with van der Waals surface area (Å²) in [6, 6.07) is 3.50. The summed E-state index contributed by atoms with van der Waals surface area (Å²) in [6.07, 6.45) is 3.64. The summed E-state index contributed by atoms with van der Waals surface area (Å²) < 4.78 is 12.3. The fourth-order valence-electron chi connectivity index (χ4n) is 2.91. The number of nitrogens with zero attached hydrogens (tertiary/aromatic N) is 3. The van der Waals surface area contributed by atoms with Crippen LogP contribution in [0.3, 0.4) is 0 Å². The van der Waals surface area contributed by atoms with Crippen molar-refractivity contribution in [1.29, 1.82) is 0 Å². The number of benzene rings is 1. The molecule has 8 heteroatoms. The largest absolute Gasteiger partial charge is 0.494 e. The molecule has 8 nitrogen and oxygen atoms in total. The molecule has 152 valence electrons. The van der Waals surface area contributed by atoms with Crippen LogP contribution < -0.4 is 10.1 Å². The summed E-state index contributed by atoms with van der Waals surface area (Å²) >= 11 is 0. The van der Waals surface area contributed by atoms with Crippen LogP contribution in [-0.2, 0) is 16.1 Å². The Morgan fingerprint density at radius 2 is 2.04 bits per heavy atom. The van der Waals surface area contributed by atoms with E-state index in [9.17, 15) is 9.59 Å². The van der Waals surface area contributed by atoms with Crippen LogP contribution >= 0.6 is 0 Å². The van der Waals surface area contributed by atoms with Crippen molar-refractivity contribution in [2.24, 2.45) is 5.92 Å². The lowest BCUT2D eigenvalue weighted by atomic mass is 10.2. The van der Waals surface area contributed by atoms with E-state index < -0.39 is 11.7 Å². The predicted octanol–water partition coefficient (Wildman–Crippen LogP) is 3.26. The summed E-state index contributed by atoms with van der Waals surface area (Å²) in [4.78, 5) is 26.2. The average Bonchev–Trinajstić information content (AvgIpc) is 3.30. The van der Waals surface area contributed by atoms with Crippen molar-refractivity contribution < 1.29 is 19.1 Å². The van der Waals surface area contributed by atoms with Crippen LogP contribution in [0.5, 0.6) is 5.75 Å². The summed E-state index contributed by atoms with van der Waals surface area (Å²) in [7, 11) is 3.35. The molecule has 0 bridgehead atoms. The highest BCUT2D eigenvalue weighted by Gasteiger charge is 2.25. The van der Waals surface area contributed by atoms with E-state index in [2.05, 4.69) is 10.4 Å². The van der Waals surface area contributed by atoms with Gasteiger partial charge in [-0.25, -0.2) is 4.79 Å². The number of ether oxygens (including phenoxy) is 2. The Hall–Kier alpha value is -2.77. The van der Waals surface area contributed by atoms with E-state index in [-0.39, 0.29) is 12.5 Å². The van der Waals surface area contributed by atoms with Crippen LogP contribution in [-0.4, -0.2) is 53.0 Å². The van der Waals surface area contributed by atoms with Crippen molar-refractivity contribution in [2.75, 3.05) is 26.0 Å². The van der Waals surface area contributed by atoms with Gasteiger partial charge in [0, 0.05) is 31.2 Å². The number of aromatic nitrogens is 2. The number of likely N-dealkylation sites (N-methyl/N-ethyl adjacent to an activating group) is 1. The number of amides is 2. The average molecular weight is 388 g/mol. The van der Waals surface area contributed by atoms with Gasteiger partial charge in [-0.15, -0.1) is 0 Å². The number of rotatable bonds is 6. The van der Waals surface area contributed by atoms with Crippen LogP contribution in [0.15, 0.2) is 18.3 Å². The fourth-order valence-corrected chi connectivity index (χ4v) is 2.91. The lowest BCUT2D eigenvalue weighted by Gasteiger charge is -2.20. The third-order valence-corrected chi connectivity index (χ3v) is 4.46. The summed E-state index contributed by atoms with van der Waals surface area (Å²) in [5.74, 6) is 1.15. The first-order valence-electron chi connectivity index (χ1n) is 9.44. The molecular weight excluding hydrogens is 360 g/mol. The van der Waals surface area contributed by atoms with E-state index in [0.29, 0.717) is 22.9 Å². The Balaban J connectivity index is 1.75. The molecule has 0 radical (unpaired) electrons. The molecule has 1 aliphatic carbocycles. The van der Waals surface area contributed by atoms with Crippen LogP contribution in [0.1, 0.15) is 33.6 Å². The molecule has 1 N–H and O–H groups in total. The van der Waals surface area contributed by atoms with Gasteiger partial charge in [0.05, 0.1) is 18.3 Å². The van der Waals surface area contributed by atoms with Gasteiger partial charge in [-0.2, -0.15) is 5.10 Å². The highest BCUT2D eigenvalue weighted by atomic mass is 16.6. The van der Waals surface area contributed by atoms with E-state index >= 15 is 0 Å². The zero-order valence-corrected chi connectivity index (χ0v) is 17.1. The molecule has 3 rings (SSSR count). The molecule has 1 aliphatic rings. The topological polar surface area (TPSA) is 85.7 Å². The minimum atomic E-state index is -0.598. The van der Waals surface area contributed by atoms with E-state index in [0.717, 1.165) is 11.9 Å². The Bertz CT molecular complexity index is 880. The van der Waals surface area contributed by atoms with E-state index in [1.807, 2.05) is 7.05 Å². The van der Waals surface area contributed by atoms with E-state index in [1.165, 1.54) is 20.0 Å². The van der Waals surface area contributed by atoms with Gasteiger partial charge >= 0.3 is 6.09 Å². The number of fused-ring (bicyclic) bond motifs is 1. The van der Waals surface area contributed by atoms with E-state index in [4.69, 9.17) is 9.47 Å². The molecule has 0 unspecified atom stereocenters. The Morgan fingerprint density at radius 1 is 1.32 bits per heavy atom. The highest BCUT2D eigenvalue weighted by Crippen LogP contribution is 2.31. The minimum Gasteiger partial charge on any atom is -0.494 e. The summed E-state index contributed by atoms with van der Waals surface area (Å²) in [6.45, 7) is 6.38. The van der Waals surface area contributed by atoms with Gasteiger partial charge < -0.3 is 14.4 Å². The van der Waals surface area contributed by atoms with Crippen LogP contribution in [0.25, 0.3) is 10.9 Å². The second-order valence-electron chi connectivity index (χ2n) is 8.28. The lowest BCUT2D eigenvalue weighted by molar-refractivity contribution is -0.130. The number of hydrogen-bond donors (Lipinski definition) is 1. The number of hydrogen-bond acceptors (Lipinski definition) is 5. The normalized spacial score (nSPS) is 14.0. The minimum absolute atomic E-state index is 0.0266. The van der Waals surface area contributed by atoms with E-state index in [1.54, 1.807) is 48.7 Å². The van der Waals surface area contributed by atoms with Crippen LogP contribution in [0.4, 0.5) is 10.5 Å². The van der Waals surface area contributed by atoms with Crippen molar-refractivity contribution >= 4 is 28.6 Å². The molecule has 0 spiro atoms. The summed E-state index contributed by atoms with van der Waals surface area (Å²) in [5, 5.41) is 7.97. The van der Waals surface area contributed by atoms with Gasteiger partial charge in [-0.3, -0.25) is 14.8 Å². The molecule has 1 aromatic carbocycles. The molecule has 0 saturated heterocycles. The van der Waals surface area contributed by atoms with Crippen molar-refractivity contribution in [3.8, 4) is 5.75 Å². The van der Waals surface area contributed by atoms with Gasteiger partial charge in [0.15, 0.2) is 0 Å². The number of anilines is 1. The number of methoxy groups -OCH3 is 1. The van der Waals surface area contributed by atoms with Crippen molar-refractivity contribution in [2.45, 2.75) is 45.8 Å². The lowest BCUT2D eigenvalue weighted by Crippen LogP contribution is -2.32. The Labute approximate surface area is 164 Å². The van der Waals surface area contributed by atoms with Gasteiger partial charge in [-0.1, -0.05) is 0 Å². The molecule has 2 amide bonds. The molecule has 1 saturated carbocycles. The maximum Gasteiger partial charge on any atom is 0.412 e. The molecule has 1 aromatic heterocycles. The van der Waals surface area contributed by atoms with Crippen molar-refractivity contribution in [1.82, 2.24) is 14.7 Å². The van der Waals surface area contributed by atoms with Gasteiger partial charge in [0.25, 0.3) is 0 Å². The molecule has 0 aliphatic heterocycles. The first kappa shape index (κ1) is 20.0. The van der Waals surface area contributed by atoms with Crippen LogP contribution in [0, 0.1) is 5.92 Å². The maximum absolute atomic E-state index is 12.4. The predicted molar refractivity (Wildman–Crippen MR) is 107 cm³/mol. The molecule has 0 atom stereocenters. The maximum atomic E-state index is 12.4. The fraction of sp³-hybridized carbons (Fsp3) is 0.550. The molecular formula is C20H28N4O4. The second-order valence-corrected chi connectivity index (χ2v) is 8.28. The Kier molecular flexibility index (Phi) is 5.49. The molecule has 28 heavy (non-hydrogen) atoms. The number of carbonyl (C=O) groups is 2. The van der Waals surface area contributed by atoms with Gasteiger partial charge in [0.1, 0.15) is 17.9 Å². The van der Waals surface area contributed by atoms with Gasteiger partial charge in [-0.05, 0) is 45.6 Å². The Morgan fingerprint density at radius 3 is 2.64 bits per heavy atom. The van der Waals surface area contributed by atoms with Gasteiger partial charge in [0.2, 0.25) is 5.91 Å². The number of carbonyl (C=O) groups excluding carboxylic acids is 2. The van der Waals surface area contributed by atoms with Crippen molar-refractivity contribution in [3.63, 3.8) is 0 Å². The smallest absolute Gasteiger partial charge is 0.412 e. The first-order chi connectivity index (χ1) is 13.1.